The van der Waals surface area contributed by atoms with Gasteiger partial charge in [0.05, 0.1) is 22.3 Å². The van der Waals surface area contributed by atoms with E-state index in [1.807, 2.05) is 0 Å². The van der Waals surface area contributed by atoms with Crippen molar-refractivity contribution in [1.82, 2.24) is 0 Å². The maximum Gasteiger partial charge on any atom is 0.325 e. The number of rotatable bonds is 4. The van der Waals surface area contributed by atoms with E-state index in [1.165, 1.54) is 0 Å². The van der Waals surface area contributed by atoms with Crippen molar-refractivity contribution in [2.24, 2.45) is 0 Å². The largest absolute Gasteiger partial charge is 0.465 e. The molecule has 5 heteroatoms. The van der Waals surface area contributed by atoms with E-state index in [1.54, 1.807) is 25.1 Å². The zero-order valence-corrected chi connectivity index (χ0v) is 9.73. The molecule has 0 aromatic heterocycles. The molecule has 0 unspecified atom stereocenters. The Bertz CT molecular complexity index is 355. The number of esters is 1. The SMILES string of the molecule is CCOC(=O)CNc1cccc(Cl)c1Cl. The van der Waals surface area contributed by atoms with Gasteiger partial charge in [-0.25, -0.2) is 0 Å². The first-order valence-electron chi connectivity index (χ1n) is 4.48. The lowest BCUT2D eigenvalue weighted by Gasteiger charge is -2.08. The zero-order valence-electron chi connectivity index (χ0n) is 8.22. The maximum absolute atomic E-state index is 11.1. The molecular weight excluding hydrogens is 237 g/mol. The lowest BCUT2D eigenvalue weighted by molar-refractivity contribution is -0.140. The zero-order chi connectivity index (χ0) is 11.3. The van der Waals surface area contributed by atoms with Gasteiger partial charge in [-0.15, -0.1) is 0 Å². The first kappa shape index (κ1) is 12.1. The molecule has 1 rings (SSSR count). The van der Waals surface area contributed by atoms with Crippen molar-refractivity contribution in [2.75, 3.05) is 18.5 Å². The van der Waals surface area contributed by atoms with Crippen molar-refractivity contribution < 1.29 is 9.53 Å². The molecule has 0 spiro atoms. The Labute approximate surface area is 98.3 Å². The second kappa shape index (κ2) is 5.83. The van der Waals surface area contributed by atoms with Crippen molar-refractivity contribution in [2.45, 2.75) is 6.92 Å². The number of carbonyl (C=O) groups excluding carboxylic acids is 1. The van der Waals surface area contributed by atoms with Crippen LogP contribution in [0.2, 0.25) is 10.0 Å². The van der Waals surface area contributed by atoms with E-state index in [2.05, 4.69) is 5.32 Å². The molecule has 3 nitrogen and oxygen atoms in total. The Kier molecular flexibility index (Phi) is 4.72. The quantitative estimate of drug-likeness (QED) is 0.832. The molecule has 0 saturated heterocycles. The van der Waals surface area contributed by atoms with Crippen molar-refractivity contribution in [1.29, 1.82) is 0 Å². The van der Waals surface area contributed by atoms with Crippen LogP contribution in [0.4, 0.5) is 5.69 Å². The summed E-state index contributed by atoms with van der Waals surface area (Å²) in [5.41, 5.74) is 0.622. The minimum Gasteiger partial charge on any atom is -0.465 e. The van der Waals surface area contributed by atoms with Crippen LogP contribution in [0.5, 0.6) is 0 Å². The van der Waals surface area contributed by atoms with E-state index in [0.717, 1.165) is 0 Å². The van der Waals surface area contributed by atoms with Gasteiger partial charge in [0.1, 0.15) is 6.54 Å². The fourth-order valence-corrected chi connectivity index (χ4v) is 1.39. The number of anilines is 1. The number of hydrogen-bond donors (Lipinski definition) is 1. The fourth-order valence-electron chi connectivity index (χ4n) is 1.02. The molecule has 0 aliphatic rings. The number of benzene rings is 1. The summed E-state index contributed by atoms with van der Waals surface area (Å²) in [6.45, 7) is 2.20. The van der Waals surface area contributed by atoms with E-state index < -0.39 is 0 Å². The van der Waals surface area contributed by atoms with Gasteiger partial charge in [-0.2, -0.15) is 0 Å². The summed E-state index contributed by atoms with van der Waals surface area (Å²) in [6.07, 6.45) is 0. The third-order valence-electron chi connectivity index (χ3n) is 1.68. The molecule has 0 radical (unpaired) electrons. The van der Waals surface area contributed by atoms with E-state index >= 15 is 0 Å². The Morgan fingerprint density at radius 2 is 2.20 bits per heavy atom. The van der Waals surface area contributed by atoms with Crippen molar-refractivity contribution in [3.8, 4) is 0 Å². The number of hydrogen-bond acceptors (Lipinski definition) is 3. The molecule has 15 heavy (non-hydrogen) atoms. The topological polar surface area (TPSA) is 38.3 Å². The summed E-state index contributed by atoms with van der Waals surface area (Å²) >= 11 is 11.7. The molecule has 0 amide bonds. The molecule has 0 aliphatic heterocycles. The molecule has 0 atom stereocenters. The monoisotopic (exact) mass is 247 g/mol. The summed E-state index contributed by atoms with van der Waals surface area (Å²) in [5, 5.41) is 3.70. The van der Waals surface area contributed by atoms with E-state index in [4.69, 9.17) is 27.9 Å². The third kappa shape index (κ3) is 3.61. The maximum atomic E-state index is 11.1. The highest BCUT2D eigenvalue weighted by Crippen LogP contribution is 2.29. The van der Waals surface area contributed by atoms with Crippen LogP contribution in [-0.4, -0.2) is 19.1 Å². The highest BCUT2D eigenvalue weighted by molar-refractivity contribution is 6.43. The average molecular weight is 248 g/mol. The molecule has 0 bridgehead atoms. The Hall–Kier alpha value is -0.930. The lowest BCUT2D eigenvalue weighted by Crippen LogP contribution is -2.16. The summed E-state index contributed by atoms with van der Waals surface area (Å²) in [5.74, 6) is -0.325. The van der Waals surface area contributed by atoms with Gasteiger partial charge in [-0.3, -0.25) is 4.79 Å². The Morgan fingerprint density at radius 1 is 1.47 bits per heavy atom. The minimum absolute atomic E-state index is 0.0773. The number of carbonyl (C=O) groups is 1. The van der Waals surface area contributed by atoms with Gasteiger partial charge >= 0.3 is 5.97 Å². The van der Waals surface area contributed by atoms with Gasteiger partial charge in [-0.05, 0) is 19.1 Å². The van der Waals surface area contributed by atoms with Crippen LogP contribution in [0, 0.1) is 0 Å². The Morgan fingerprint density at radius 3 is 2.87 bits per heavy atom. The molecule has 0 saturated carbocycles. The number of ether oxygens (including phenoxy) is 1. The summed E-state index contributed by atoms with van der Waals surface area (Å²) in [4.78, 5) is 11.1. The number of halogens is 2. The normalized spacial score (nSPS) is 9.80. The third-order valence-corrected chi connectivity index (χ3v) is 2.50. The van der Waals surface area contributed by atoms with Gasteiger partial charge in [0, 0.05) is 0 Å². The first-order valence-corrected chi connectivity index (χ1v) is 5.24. The van der Waals surface area contributed by atoms with Gasteiger partial charge < -0.3 is 10.1 Å². The molecule has 1 N–H and O–H groups in total. The van der Waals surface area contributed by atoms with Crippen LogP contribution in [0.15, 0.2) is 18.2 Å². The van der Waals surface area contributed by atoms with E-state index in [-0.39, 0.29) is 12.5 Å². The van der Waals surface area contributed by atoms with Crippen LogP contribution in [0.25, 0.3) is 0 Å². The van der Waals surface area contributed by atoms with Crippen molar-refractivity contribution in [3.63, 3.8) is 0 Å². The van der Waals surface area contributed by atoms with Crippen molar-refractivity contribution >= 4 is 34.9 Å². The first-order chi connectivity index (χ1) is 7.15. The minimum atomic E-state index is -0.325. The molecule has 0 heterocycles. The van der Waals surface area contributed by atoms with Crippen LogP contribution in [0.1, 0.15) is 6.92 Å². The standard InChI is InChI=1S/C10H11Cl2NO2/c1-2-15-9(14)6-13-8-5-3-4-7(11)10(8)12/h3-5,13H,2,6H2,1H3. The second-order valence-corrected chi connectivity index (χ2v) is 3.55. The molecule has 0 aliphatic carbocycles. The van der Waals surface area contributed by atoms with E-state index in [9.17, 15) is 4.79 Å². The Balaban J connectivity index is 2.58. The van der Waals surface area contributed by atoms with Crippen LogP contribution in [-0.2, 0) is 9.53 Å². The summed E-state index contributed by atoms with van der Waals surface area (Å²) < 4.78 is 4.76. The molecule has 0 fully saturated rings. The van der Waals surface area contributed by atoms with Gasteiger partial charge in [0.15, 0.2) is 0 Å². The molecule has 1 aromatic rings. The highest BCUT2D eigenvalue weighted by atomic mass is 35.5. The van der Waals surface area contributed by atoms with Crippen LogP contribution >= 0.6 is 23.2 Å². The molecular formula is C10H11Cl2NO2. The van der Waals surface area contributed by atoms with Crippen LogP contribution in [0.3, 0.4) is 0 Å². The predicted molar refractivity (Wildman–Crippen MR) is 61.6 cm³/mol. The lowest BCUT2D eigenvalue weighted by atomic mass is 10.3. The summed E-state index contributed by atoms with van der Waals surface area (Å²) in [7, 11) is 0. The average Bonchev–Trinajstić information content (AvgIpc) is 2.21. The van der Waals surface area contributed by atoms with Crippen molar-refractivity contribution in [3.05, 3.63) is 28.2 Å². The van der Waals surface area contributed by atoms with Gasteiger partial charge in [-0.1, -0.05) is 29.3 Å². The second-order valence-electron chi connectivity index (χ2n) is 2.76. The smallest absolute Gasteiger partial charge is 0.325 e. The highest BCUT2D eigenvalue weighted by Gasteiger charge is 2.06. The van der Waals surface area contributed by atoms with Crippen LogP contribution < -0.4 is 5.32 Å². The van der Waals surface area contributed by atoms with E-state index in [0.29, 0.717) is 22.3 Å². The predicted octanol–water partition coefficient (Wildman–Crippen LogP) is 2.97. The molecule has 82 valence electrons. The molecule has 1 aromatic carbocycles. The van der Waals surface area contributed by atoms with Gasteiger partial charge in [0.2, 0.25) is 0 Å². The number of nitrogens with one attached hydrogen (secondary N) is 1. The summed E-state index contributed by atoms with van der Waals surface area (Å²) in [6, 6.07) is 5.18. The van der Waals surface area contributed by atoms with Gasteiger partial charge in [0.25, 0.3) is 0 Å². The fraction of sp³-hybridized carbons (Fsp3) is 0.300.